The molecule has 16 heavy (non-hydrogen) atoms. The first-order valence-electron chi connectivity index (χ1n) is 5.98. The topological polar surface area (TPSA) is 57.6 Å². The number of rotatable bonds is 6. The van der Waals surface area contributed by atoms with Gasteiger partial charge in [-0.25, -0.2) is 0 Å². The molecular weight excluding hydrogens is 206 g/mol. The van der Waals surface area contributed by atoms with Gasteiger partial charge in [-0.05, 0) is 24.7 Å². The van der Waals surface area contributed by atoms with E-state index in [-0.39, 0.29) is 18.2 Å². The highest BCUT2D eigenvalue weighted by molar-refractivity contribution is 5.78. The fraction of sp³-hybridized carbons (Fsp3) is 0.833. The summed E-state index contributed by atoms with van der Waals surface area (Å²) in [6.07, 6.45) is 2.36. The minimum Gasteiger partial charge on any atom is -0.481 e. The van der Waals surface area contributed by atoms with Gasteiger partial charge in [0.25, 0.3) is 0 Å². The maximum absolute atomic E-state index is 11.6. The van der Waals surface area contributed by atoms with Gasteiger partial charge in [0, 0.05) is 25.9 Å². The molecule has 0 saturated carbocycles. The first kappa shape index (κ1) is 13.0. The molecule has 1 rings (SSSR count). The second kappa shape index (κ2) is 5.87. The van der Waals surface area contributed by atoms with Gasteiger partial charge >= 0.3 is 5.97 Å². The molecule has 0 radical (unpaired) electrons. The Morgan fingerprint density at radius 3 is 2.81 bits per heavy atom. The van der Waals surface area contributed by atoms with Crippen molar-refractivity contribution in [1.82, 2.24) is 4.90 Å². The molecule has 4 nitrogen and oxygen atoms in total. The minimum atomic E-state index is -0.770. The van der Waals surface area contributed by atoms with E-state index in [1.807, 2.05) is 4.90 Å². The number of likely N-dealkylation sites (tertiary alicyclic amines) is 1. The third-order valence-corrected chi connectivity index (χ3v) is 3.04. The molecular formula is C12H21NO3. The minimum absolute atomic E-state index is 0.177. The molecule has 0 aromatic carbocycles. The lowest BCUT2D eigenvalue weighted by Gasteiger charge is -2.17. The highest BCUT2D eigenvalue weighted by atomic mass is 16.4. The van der Waals surface area contributed by atoms with Crippen molar-refractivity contribution < 1.29 is 14.7 Å². The van der Waals surface area contributed by atoms with E-state index >= 15 is 0 Å². The number of hydrogen-bond acceptors (Lipinski definition) is 2. The number of amides is 1. The fourth-order valence-corrected chi connectivity index (χ4v) is 2.01. The Balaban J connectivity index is 2.29. The van der Waals surface area contributed by atoms with Crippen molar-refractivity contribution in [2.75, 3.05) is 13.1 Å². The van der Waals surface area contributed by atoms with Crippen molar-refractivity contribution in [3.63, 3.8) is 0 Å². The van der Waals surface area contributed by atoms with Gasteiger partial charge in [0.2, 0.25) is 5.91 Å². The van der Waals surface area contributed by atoms with Gasteiger partial charge in [0.05, 0.1) is 0 Å². The maximum Gasteiger partial charge on any atom is 0.303 e. The van der Waals surface area contributed by atoms with E-state index in [0.717, 1.165) is 19.5 Å². The first-order chi connectivity index (χ1) is 7.49. The third kappa shape index (κ3) is 4.21. The summed E-state index contributed by atoms with van der Waals surface area (Å²) in [6.45, 7) is 5.85. The summed E-state index contributed by atoms with van der Waals surface area (Å²) in [5.74, 6) is 0.269. The van der Waals surface area contributed by atoms with E-state index in [0.29, 0.717) is 18.8 Å². The summed E-state index contributed by atoms with van der Waals surface area (Å²) < 4.78 is 0. The molecule has 1 unspecified atom stereocenters. The van der Waals surface area contributed by atoms with E-state index in [1.54, 1.807) is 0 Å². The van der Waals surface area contributed by atoms with Gasteiger partial charge in [-0.3, -0.25) is 9.59 Å². The average Bonchev–Trinajstić information content (AvgIpc) is 2.53. The molecule has 1 aliphatic rings. The summed E-state index contributed by atoms with van der Waals surface area (Å²) in [4.78, 5) is 23.9. The zero-order valence-corrected chi connectivity index (χ0v) is 10.1. The van der Waals surface area contributed by atoms with Crippen LogP contribution in [0.1, 0.15) is 39.5 Å². The van der Waals surface area contributed by atoms with Gasteiger partial charge in [-0.2, -0.15) is 0 Å². The standard InChI is InChI=1S/C12H21NO3/c1-9(2)5-6-13-8-10(7-11(13)14)3-4-12(15)16/h9-10H,3-8H2,1-2H3,(H,15,16). The van der Waals surface area contributed by atoms with E-state index < -0.39 is 5.97 Å². The van der Waals surface area contributed by atoms with Gasteiger partial charge in [-0.15, -0.1) is 0 Å². The first-order valence-corrected chi connectivity index (χ1v) is 5.98. The van der Waals surface area contributed by atoms with E-state index in [4.69, 9.17) is 5.11 Å². The van der Waals surface area contributed by atoms with Crippen LogP contribution in [0.15, 0.2) is 0 Å². The number of carbonyl (C=O) groups excluding carboxylic acids is 1. The Kier molecular flexibility index (Phi) is 4.77. The van der Waals surface area contributed by atoms with Crippen LogP contribution in [0.4, 0.5) is 0 Å². The second-order valence-corrected chi connectivity index (χ2v) is 5.02. The highest BCUT2D eigenvalue weighted by Gasteiger charge is 2.29. The second-order valence-electron chi connectivity index (χ2n) is 5.02. The SMILES string of the molecule is CC(C)CCN1CC(CCC(=O)O)CC1=O. The zero-order valence-electron chi connectivity index (χ0n) is 10.1. The number of carboxylic acid groups (broad SMARTS) is 1. The van der Waals surface area contributed by atoms with Crippen LogP contribution in [-0.4, -0.2) is 35.0 Å². The molecule has 1 heterocycles. The summed E-state index contributed by atoms with van der Waals surface area (Å²) in [6, 6.07) is 0. The highest BCUT2D eigenvalue weighted by Crippen LogP contribution is 2.22. The molecule has 1 atom stereocenters. The van der Waals surface area contributed by atoms with Crippen LogP contribution in [0.25, 0.3) is 0 Å². The molecule has 92 valence electrons. The fourth-order valence-electron chi connectivity index (χ4n) is 2.01. The monoisotopic (exact) mass is 227 g/mol. The van der Waals surface area contributed by atoms with Gasteiger partial charge < -0.3 is 10.0 Å². The summed E-state index contributed by atoms with van der Waals surface area (Å²) in [5.41, 5.74) is 0. The zero-order chi connectivity index (χ0) is 12.1. The van der Waals surface area contributed by atoms with Crippen molar-refractivity contribution >= 4 is 11.9 Å². The Morgan fingerprint density at radius 1 is 1.56 bits per heavy atom. The summed E-state index contributed by atoms with van der Waals surface area (Å²) >= 11 is 0. The Hall–Kier alpha value is -1.06. The Bertz CT molecular complexity index is 263. The predicted octanol–water partition coefficient (Wildman–Crippen LogP) is 1.75. The molecule has 1 aliphatic heterocycles. The molecule has 0 bridgehead atoms. The Morgan fingerprint density at radius 2 is 2.25 bits per heavy atom. The number of aliphatic carboxylic acids is 1. The molecule has 4 heteroatoms. The predicted molar refractivity (Wildman–Crippen MR) is 61.0 cm³/mol. The lowest BCUT2D eigenvalue weighted by atomic mass is 10.0. The van der Waals surface area contributed by atoms with Crippen molar-refractivity contribution in [2.45, 2.75) is 39.5 Å². The number of carbonyl (C=O) groups is 2. The quantitative estimate of drug-likeness (QED) is 0.752. The van der Waals surface area contributed by atoms with Gasteiger partial charge in [0.1, 0.15) is 0 Å². The van der Waals surface area contributed by atoms with Crippen molar-refractivity contribution in [3.8, 4) is 0 Å². The summed E-state index contributed by atoms with van der Waals surface area (Å²) in [7, 11) is 0. The van der Waals surface area contributed by atoms with Crippen LogP contribution < -0.4 is 0 Å². The number of carboxylic acids is 1. The Labute approximate surface area is 96.6 Å². The average molecular weight is 227 g/mol. The van der Waals surface area contributed by atoms with Crippen molar-refractivity contribution in [3.05, 3.63) is 0 Å². The lowest BCUT2D eigenvalue weighted by Crippen LogP contribution is -2.27. The van der Waals surface area contributed by atoms with Crippen LogP contribution in [0.5, 0.6) is 0 Å². The maximum atomic E-state index is 11.6. The largest absolute Gasteiger partial charge is 0.481 e. The van der Waals surface area contributed by atoms with Crippen LogP contribution in [-0.2, 0) is 9.59 Å². The van der Waals surface area contributed by atoms with Crippen LogP contribution in [0.3, 0.4) is 0 Å². The molecule has 0 aromatic heterocycles. The normalized spacial score (nSPS) is 20.8. The smallest absolute Gasteiger partial charge is 0.303 e. The molecule has 1 saturated heterocycles. The molecule has 1 amide bonds. The lowest BCUT2D eigenvalue weighted by molar-refractivity contribution is -0.137. The molecule has 0 aliphatic carbocycles. The summed E-state index contributed by atoms with van der Waals surface area (Å²) in [5, 5.41) is 8.58. The molecule has 1 fully saturated rings. The van der Waals surface area contributed by atoms with Crippen LogP contribution in [0, 0.1) is 11.8 Å². The van der Waals surface area contributed by atoms with Crippen LogP contribution in [0.2, 0.25) is 0 Å². The number of hydrogen-bond donors (Lipinski definition) is 1. The number of nitrogens with zero attached hydrogens (tertiary/aromatic N) is 1. The van der Waals surface area contributed by atoms with Crippen molar-refractivity contribution in [1.29, 1.82) is 0 Å². The van der Waals surface area contributed by atoms with Gasteiger partial charge in [0.15, 0.2) is 0 Å². The van der Waals surface area contributed by atoms with E-state index in [9.17, 15) is 9.59 Å². The molecule has 0 spiro atoms. The van der Waals surface area contributed by atoms with E-state index in [1.165, 1.54) is 0 Å². The third-order valence-electron chi connectivity index (χ3n) is 3.04. The van der Waals surface area contributed by atoms with E-state index in [2.05, 4.69) is 13.8 Å². The molecule has 1 N–H and O–H groups in total. The van der Waals surface area contributed by atoms with Gasteiger partial charge in [-0.1, -0.05) is 13.8 Å². The molecule has 0 aromatic rings. The van der Waals surface area contributed by atoms with Crippen molar-refractivity contribution in [2.24, 2.45) is 11.8 Å². The van der Waals surface area contributed by atoms with Crippen LogP contribution >= 0.6 is 0 Å².